The summed E-state index contributed by atoms with van der Waals surface area (Å²) in [5.41, 5.74) is 3.36. The number of carbonyl (C=O) groups is 1. The molecule has 0 aliphatic carbocycles. The summed E-state index contributed by atoms with van der Waals surface area (Å²) in [5, 5.41) is 2.78. The highest BCUT2D eigenvalue weighted by atomic mass is 32.2. The number of nitrogens with zero attached hydrogens (tertiary/aromatic N) is 1. The molecule has 0 aromatic heterocycles. The number of amides is 1. The Labute approximate surface area is 161 Å². The molecule has 0 aliphatic heterocycles. The number of anilines is 1. The molecule has 1 amide bonds. The van der Waals surface area contributed by atoms with Crippen LogP contribution in [0.15, 0.2) is 42.5 Å². The van der Waals surface area contributed by atoms with Gasteiger partial charge in [0, 0.05) is 6.54 Å². The normalized spacial score (nSPS) is 11.1. The van der Waals surface area contributed by atoms with Crippen LogP contribution in [0, 0.1) is 13.8 Å². The first-order valence-corrected chi connectivity index (χ1v) is 10.5. The largest absolute Gasteiger partial charge is 0.496 e. The van der Waals surface area contributed by atoms with Crippen LogP contribution < -0.4 is 14.4 Å². The minimum Gasteiger partial charge on any atom is -0.496 e. The molecule has 0 spiro atoms. The fourth-order valence-corrected chi connectivity index (χ4v) is 3.77. The zero-order valence-electron chi connectivity index (χ0n) is 16.2. The molecular formula is C20H26N2O4S. The fourth-order valence-electron chi connectivity index (χ4n) is 2.93. The maximum Gasteiger partial charge on any atom is 0.240 e. The van der Waals surface area contributed by atoms with Crippen LogP contribution >= 0.6 is 0 Å². The topological polar surface area (TPSA) is 75.7 Å². The van der Waals surface area contributed by atoms with E-state index in [4.69, 9.17) is 4.74 Å². The van der Waals surface area contributed by atoms with Gasteiger partial charge in [0.2, 0.25) is 15.9 Å². The first-order valence-electron chi connectivity index (χ1n) is 8.65. The van der Waals surface area contributed by atoms with Gasteiger partial charge >= 0.3 is 0 Å². The second-order valence-corrected chi connectivity index (χ2v) is 8.43. The van der Waals surface area contributed by atoms with Gasteiger partial charge < -0.3 is 10.1 Å². The number of rotatable bonds is 8. The molecule has 0 unspecified atom stereocenters. The first-order chi connectivity index (χ1) is 12.7. The zero-order valence-corrected chi connectivity index (χ0v) is 17.0. The van der Waals surface area contributed by atoms with Crippen LogP contribution in [-0.2, 0) is 21.2 Å². The Hall–Kier alpha value is -2.54. The fraction of sp³-hybridized carbons (Fsp3) is 0.350. The standard InChI is InChI=1S/C20H26N2O4S/c1-15-11-16(2)13-18(12-15)22(27(4,24)25)14-20(23)21-10-9-17-7-5-6-8-19(17)26-3/h5-8,11-13H,9-10,14H2,1-4H3,(H,21,23). The number of ether oxygens (including phenoxy) is 1. The number of carbonyl (C=O) groups excluding carboxylic acids is 1. The van der Waals surface area contributed by atoms with Gasteiger partial charge in [0.05, 0.1) is 19.1 Å². The van der Waals surface area contributed by atoms with E-state index in [2.05, 4.69) is 5.32 Å². The molecule has 7 heteroatoms. The average Bonchev–Trinajstić information content (AvgIpc) is 2.58. The van der Waals surface area contributed by atoms with E-state index in [1.54, 1.807) is 19.2 Å². The molecule has 0 radical (unpaired) electrons. The highest BCUT2D eigenvalue weighted by Gasteiger charge is 2.21. The second kappa shape index (κ2) is 8.90. The van der Waals surface area contributed by atoms with Crippen molar-refractivity contribution in [1.29, 1.82) is 0 Å². The van der Waals surface area contributed by atoms with E-state index < -0.39 is 10.0 Å². The third-order valence-corrected chi connectivity index (χ3v) is 5.23. The van der Waals surface area contributed by atoms with Crippen molar-refractivity contribution in [2.75, 3.05) is 30.8 Å². The Morgan fingerprint density at radius 3 is 2.33 bits per heavy atom. The molecule has 2 rings (SSSR count). The number of benzene rings is 2. The van der Waals surface area contributed by atoms with E-state index in [1.165, 1.54) is 0 Å². The molecule has 0 heterocycles. The molecule has 2 aromatic carbocycles. The van der Waals surface area contributed by atoms with Crippen molar-refractivity contribution in [1.82, 2.24) is 5.32 Å². The van der Waals surface area contributed by atoms with Gasteiger partial charge in [-0.3, -0.25) is 9.10 Å². The highest BCUT2D eigenvalue weighted by Crippen LogP contribution is 2.21. The van der Waals surface area contributed by atoms with E-state index in [0.29, 0.717) is 18.7 Å². The molecule has 0 aliphatic rings. The lowest BCUT2D eigenvalue weighted by Crippen LogP contribution is -2.41. The molecule has 2 aromatic rings. The van der Waals surface area contributed by atoms with Crippen LogP contribution in [0.2, 0.25) is 0 Å². The quantitative estimate of drug-likeness (QED) is 0.751. The molecule has 0 fully saturated rings. The summed E-state index contributed by atoms with van der Waals surface area (Å²) >= 11 is 0. The summed E-state index contributed by atoms with van der Waals surface area (Å²) in [6, 6.07) is 13.1. The van der Waals surface area contributed by atoms with E-state index in [1.807, 2.05) is 44.2 Å². The Morgan fingerprint density at radius 2 is 1.74 bits per heavy atom. The molecule has 0 saturated heterocycles. The Balaban J connectivity index is 2.04. The van der Waals surface area contributed by atoms with Crippen LogP contribution in [0.25, 0.3) is 0 Å². The van der Waals surface area contributed by atoms with Crippen molar-refractivity contribution in [2.24, 2.45) is 0 Å². The maximum absolute atomic E-state index is 12.3. The van der Waals surface area contributed by atoms with Gasteiger partial charge in [-0.05, 0) is 55.2 Å². The lowest BCUT2D eigenvalue weighted by atomic mass is 10.1. The smallest absolute Gasteiger partial charge is 0.240 e. The van der Waals surface area contributed by atoms with Crippen LogP contribution in [0.5, 0.6) is 5.75 Å². The summed E-state index contributed by atoms with van der Waals surface area (Å²) in [7, 11) is -1.98. The zero-order chi connectivity index (χ0) is 20.0. The number of sulfonamides is 1. The summed E-state index contributed by atoms with van der Waals surface area (Å²) in [5.74, 6) is 0.411. The van der Waals surface area contributed by atoms with Gasteiger partial charge in [0.15, 0.2) is 0 Å². The van der Waals surface area contributed by atoms with Crippen molar-refractivity contribution >= 4 is 21.6 Å². The van der Waals surface area contributed by atoms with Gasteiger partial charge in [-0.15, -0.1) is 0 Å². The molecule has 146 valence electrons. The SMILES string of the molecule is COc1ccccc1CCNC(=O)CN(c1cc(C)cc(C)c1)S(C)(=O)=O. The molecule has 1 N–H and O–H groups in total. The lowest BCUT2D eigenvalue weighted by molar-refractivity contribution is -0.119. The minimum atomic E-state index is -3.58. The van der Waals surface area contributed by atoms with Gasteiger partial charge in [-0.2, -0.15) is 0 Å². The number of hydrogen-bond acceptors (Lipinski definition) is 4. The molecule has 0 atom stereocenters. The van der Waals surface area contributed by atoms with Gasteiger partial charge in [-0.1, -0.05) is 24.3 Å². The third kappa shape index (κ3) is 5.99. The van der Waals surface area contributed by atoms with E-state index in [0.717, 1.165) is 33.0 Å². The number of nitrogens with one attached hydrogen (secondary N) is 1. The maximum atomic E-state index is 12.3. The predicted octanol–water partition coefficient (Wildman–Crippen LogP) is 2.44. The molecule has 0 bridgehead atoms. The average molecular weight is 391 g/mol. The first kappa shape index (κ1) is 20.8. The van der Waals surface area contributed by atoms with E-state index in [9.17, 15) is 13.2 Å². The van der Waals surface area contributed by atoms with Crippen LogP contribution in [0.4, 0.5) is 5.69 Å². The minimum absolute atomic E-state index is 0.256. The van der Waals surface area contributed by atoms with Crippen molar-refractivity contribution in [3.05, 3.63) is 59.2 Å². The van der Waals surface area contributed by atoms with Crippen molar-refractivity contribution < 1.29 is 17.9 Å². The summed E-state index contributed by atoms with van der Waals surface area (Å²) in [6.45, 7) is 3.92. The van der Waals surface area contributed by atoms with Crippen LogP contribution in [0.3, 0.4) is 0 Å². The molecular weight excluding hydrogens is 364 g/mol. The van der Waals surface area contributed by atoms with Crippen LogP contribution in [0.1, 0.15) is 16.7 Å². The van der Waals surface area contributed by atoms with Crippen molar-refractivity contribution in [3.8, 4) is 5.75 Å². The second-order valence-electron chi connectivity index (χ2n) is 6.53. The van der Waals surface area contributed by atoms with E-state index in [-0.39, 0.29) is 12.5 Å². The van der Waals surface area contributed by atoms with Crippen molar-refractivity contribution in [3.63, 3.8) is 0 Å². The monoisotopic (exact) mass is 390 g/mol. The summed E-state index contributed by atoms with van der Waals surface area (Å²) in [6.07, 6.45) is 1.70. The van der Waals surface area contributed by atoms with Crippen LogP contribution in [-0.4, -0.2) is 40.8 Å². The Bertz CT molecular complexity index is 890. The summed E-state index contributed by atoms with van der Waals surface area (Å²) in [4.78, 5) is 12.3. The van der Waals surface area contributed by atoms with E-state index >= 15 is 0 Å². The predicted molar refractivity (Wildman–Crippen MR) is 108 cm³/mol. The highest BCUT2D eigenvalue weighted by molar-refractivity contribution is 7.92. The van der Waals surface area contributed by atoms with Crippen molar-refractivity contribution in [2.45, 2.75) is 20.3 Å². The summed E-state index contributed by atoms with van der Waals surface area (Å²) < 4.78 is 30.8. The Kier molecular flexibility index (Phi) is 6.85. The Morgan fingerprint density at radius 1 is 1.11 bits per heavy atom. The molecule has 6 nitrogen and oxygen atoms in total. The third-order valence-electron chi connectivity index (χ3n) is 4.09. The van der Waals surface area contributed by atoms with Gasteiger partial charge in [-0.25, -0.2) is 8.42 Å². The molecule has 0 saturated carbocycles. The number of para-hydroxylation sites is 1. The molecule has 27 heavy (non-hydrogen) atoms. The number of hydrogen-bond donors (Lipinski definition) is 1. The number of methoxy groups -OCH3 is 1. The van der Waals surface area contributed by atoms with Gasteiger partial charge in [0.1, 0.15) is 12.3 Å². The number of aryl methyl sites for hydroxylation is 2. The lowest BCUT2D eigenvalue weighted by Gasteiger charge is -2.23. The van der Waals surface area contributed by atoms with Gasteiger partial charge in [0.25, 0.3) is 0 Å².